The van der Waals surface area contributed by atoms with Crippen LogP contribution in [-0.4, -0.2) is 11.1 Å². The lowest BCUT2D eigenvalue weighted by Gasteiger charge is -2.20. The van der Waals surface area contributed by atoms with E-state index < -0.39 is 5.97 Å². The van der Waals surface area contributed by atoms with Gasteiger partial charge in [-0.15, -0.1) is 0 Å². The number of carboxylic acid groups (broad SMARTS) is 1. The Morgan fingerprint density at radius 1 is 1.06 bits per heavy atom. The van der Waals surface area contributed by atoms with Gasteiger partial charge in [0.2, 0.25) is 0 Å². The summed E-state index contributed by atoms with van der Waals surface area (Å²) >= 11 is 0. The van der Waals surface area contributed by atoms with Gasteiger partial charge in [0.25, 0.3) is 0 Å². The number of carbonyl (C=O) groups is 1. The summed E-state index contributed by atoms with van der Waals surface area (Å²) in [6, 6.07) is 4.25. The lowest BCUT2D eigenvalue weighted by molar-refractivity contribution is -0.141. The van der Waals surface area contributed by atoms with Crippen molar-refractivity contribution >= 4 is 5.97 Å². The van der Waals surface area contributed by atoms with Gasteiger partial charge in [-0.25, -0.2) is 0 Å². The molecule has 0 spiro atoms. The van der Waals surface area contributed by atoms with Crippen LogP contribution in [0.5, 0.6) is 0 Å². The third-order valence-electron chi connectivity index (χ3n) is 3.51. The molecule has 0 saturated carbocycles. The summed E-state index contributed by atoms with van der Waals surface area (Å²) in [5, 5.41) is 9.03. The molecule has 1 N–H and O–H groups in total. The van der Waals surface area contributed by atoms with Crippen molar-refractivity contribution in [1.82, 2.24) is 0 Å². The van der Waals surface area contributed by atoms with Crippen molar-refractivity contribution in [3.05, 3.63) is 34.4 Å². The largest absolute Gasteiger partial charge is 0.481 e. The Balaban J connectivity index is 3.13. The first-order valence-electron chi connectivity index (χ1n) is 5.65. The predicted octanol–water partition coefficient (Wildman–Crippen LogP) is 3.44. The highest BCUT2D eigenvalue weighted by atomic mass is 16.4. The molecule has 0 aliphatic heterocycles. The summed E-state index contributed by atoms with van der Waals surface area (Å²) in [4.78, 5) is 11.0. The summed E-state index contributed by atoms with van der Waals surface area (Å²) < 4.78 is 0. The van der Waals surface area contributed by atoms with Crippen molar-refractivity contribution in [1.29, 1.82) is 0 Å². The van der Waals surface area contributed by atoms with Crippen molar-refractivity contribution in [2.75, 3.05) is 0 Å². The third-order valence-corrected chi connectivity index (χ3v) is 3.51. The molecule has 2 nitrogen and oxygen atoms in total. The van der Waals surface area contributed by atoms with Gasteiger partial charge < -0.3 is 5.11 Å². The monoisotopic (exact) mass is 220 g/mol. The van der Waals surface area contributed by atoms with E-state index in [1.54, 1.807) is 6.92 Å². The molecule has 0 heterocycles. The maximum absolute atomic E-state index is 11.0. The fraction of sp³-hybridized carbons (Fsp3) is 0.500. The summed E-state index contributed by atoms with van der Waals surface area (Å²) in [6.45, 7) is 9.94. The highest BCUT2D eigenvalue weighted by molar-refractivity contribution is 5.71. The van der Waals surface area contributed by atoms with E-state index in [4.69, 9.17) is 5.11 Å². The van der Waals surface area contributed by atoms with Crippen LogP contribution in [0.15, 0.2) is 12.1 Å². The van der Waals surface area contributed by atoms with Gasteiger partial charge in [0, 0.05) is 0 Å². The van der Waals surface area contributed by atoms with Crippen LogP contribution in [0.4, 0.5) is 0 Å². The van der Waals surface area contributed by atoms with Crippen LogP contribution in [0.3, 0.4) is 0 Å². The molecule has 0 aliphatic carbocycles. The highest BCUT2D eigenvalue weighted by Crippen LogP contribution is 2.28. The van der Waals surface area contributed by atoms with E-state index in [9.17, 15) is 4.79 Å². The van der Waals surface area contributed by atoms with Crippen molar-refractivity contribution < 1.29 is 9.90 Å². The normalized spacial score (nSPS) is 14.6. The Bertz CT molecular complexity index is 407. The minimum absolute atomic E-state index is 0.0526. The minimum Gasteiger partial charge on any atom is -0.481 e. The summed E-state index contributed by atoms with van der Waals surface area (Å²) in [5.41, 5.74) is 4.82. The van der Waals surface area contributed by atoms with Gasteiger partial charge >= 0.3 is 5.97 Å². The second-order valence-corrected chi connectivity index (χ2v) is 4.71. The average Bonchev–Trinajstić information content (AvgIpc) is 2.21. The Labute approximate surface area is 97.3 Å². The van der Waals surface area contributed by atoms with E-state index >= 15 is 0 Å². The number of aliphatic carboxylic acids is 1. The maximum Gasteiger partial charge on any atom is 0.306 e. The van der Waals surface area contributed by atoms with E-state index in [0.717, 1.165) is 5.56 Å². The number of aryl methyl sites for hydroxylation is 3. The van der Waals surface area contributed by atoms with E-state index in [1.807, 2.05) is 13.8 Å². The smallest absolute Gasteiger partial charge is 0.306 e. The second kappa shape index (κ2) is 4.69. The molecule has 0 radical (unpaired) electrons. The topological polar surface area (TPSA) is 37.3 Å². The van der Waals surface area contributed by atoms with Crippen molar-refractivity contribution in [3.8, 4) is 0 Å². The van der Waals surface area contributed by atoms with Gasteiger partial charge in [-0.3, -0.25) is 4.79 Å². The zero-order valence-corrected chi connectivity index (χ0v) is 10.7. The van der Waals surface area contributed by atoms with E-state index in [1.165, 1.54) is 16.7 Å². The first-order chi connectivity index (χ1) is 7.34. The minimum atomic E-state index is -0.731. The van der Waals surface area contributed by atoms with Gasteiger partial charge in [-0.1, -0.05) is 26.0 Å². The zero-order valence-electron chi connectivity index (χ0n) is 10.7. The Morgan fingerprint density at radius 3 is 2.06 bits per heavy atom. The molecule has 1 aromatic carbocycles. The number of hydrogen-bond acceptors (Lipinski definition) is 1. The zero-order chi connectivity index (χ0) is 12.5. The maximum atomic E-state index is 11.0. The Kier molecular flexibility index (Phi) is 3.74. The lowest BCUT2D eigenvalue weighted by atomic mass is 9.85. The summed E-state index contributed by atoms with van der Waals surface area (Å²) in [6.07, 6.45) is 0. The molecule has 0 fully saturated rings. The van der Waals surface area contributed by atoms with Crippen LogP contribution in [0.1, 0.15) is 42.0 Å². The average molecular weight is 220 g/mol. The summed E-state index contributed by atoms with van der Waals surface area (Å²) in [5.74, 6) is -1.03. The molecule has 0 amide bonds. The van der Waals surface area contributed by atoms with Crippen LogP contribution in [0.2, 0.25) is 0 Å². The Morgan fingerprint density at radius 2 is 1.56 bits per heavy atom. The summed E-state index contributed by atoms with van der Waals surface area (Å²) in [7, 11) is 0. The molecule has 1 aromatic rings. The standard InChI is InChI=1S/C14H20O2/c1-8-6-10(3)13(7-9(8)2)11(4)12(5)14(15)16/h6-7,11-12H,1-5H3,(H,15,16). The first kappa shape index (κ1) is 12.8. The molecule has 16 heavy (non-hydrogen) atoms. The molecule has 2 atom stereocenters. The molecule has 0 aromatic heterocycles. The number of hydrogen-bond donors (Lipinski definition) is 1. The van der Waals surface area contributed by atoms with Crippen LogP contribution in [0.25, 0.3) is 0 Å². The van der Waals surface area contributed by atoms with Crippen LogP contribution in [0, 0.1) is 26.7 Å². The van der Waals surface area contributed by atoms with Crippen molar-refractivity contribution in [2.24, 2.45) is 5.92 Å². The number of carboxylic acids is 1. The quantitative estimate of drug-likeness (QED) is 0.847. The van der Waals surface area contributed by atoms with Gasteiger partial charge in [-0.2, -0.15) is 0 Å². The molecular weight excluding hydrogens is 200 g/mol. The second-order valence-electron chi connectivity index (χ2n) is 4.71. The lowest BCUT2D eigenvalue weighted by Crippen LogP contribution is -2.17. The molecule has 0 bridgehead atoms. The fourth-order valence-electron chi connectivity index (χ4n) is 1.96. The molecule has 2 unspecified atom stereocenters. The first-order valence-corrected chi connectivity index (χ1v) is 5.65. The Hall–Kier alpha value is -1.31. The van der Waals surface area contributed by atoms with Gasteiger partial charge in [0.1, 0.15) is 0 Å². The van der Waals surface area contributed by atoms with Crippen molar-refractivity contribution in [3.63, 3.8) is 0 Å². The molecule has 1 rings (SSSR count). The van der Waals surface area contributed by atoms with Gasteiger partial charge in [-0.05, 0) is 48.9 Å². The molecule has 2 heteroatoms. The fourth-order valence-corrected chi connectivity index (χ4v) is 1.96. The molecule has 0 aliphatic rings. The van der Waals surface area contributed by atoms with Crippen LogP contribution >= 0.6 is 0 Å². The van der Waals surface area contributed by atoms with E-state index in [2.05, 4.69) is 26.0 Å². The van der Waals surface area contributed by atoms with Gasteiger partial charge in [0.05, 0.1) is 5.92 Å². The van der Waals surface area contributed by atoms with Gasteiger partial charge in [0.15, 0.2) is 0 Å². The van der Waals surface area contributed by atoms with Crippen molar-refractivity contribution in [2.45, 2.75) is 40.5 Å². The van der Waals surface area contributed by atoms with Crippen LogP contribution < -0.4 is 0 Å². The number of benzene rings is 1. The third kappa shape index (κ3) is 2.43. The molecule has 0 saturated heterocycles. The SMILES string of the molecule is Cc1cc(C)c(C(C)C(C)C(=O)O)cc1C. The van der Waals surface area contributed by atoms with E-state index in [0.29, 0.717) is 0 Å². The van der Waals surface area contributed by atoms with Crippen LogP contribution in [-0.2, 0) is 4.79 Å². The highest BCUT2D eigenvalue weighted by Gasteiger charge is 2.22. The predicted molar refractivity (Wildman–Crippen MR) is 65.9 cm³/mol. The molecular formula is C14H20O2. The van der Waals surface area contributed by atoms with E-state index in [-0.39, 0.29) is 11.8 Å². The molecule has 88 valence electrons. The number of rotatable bonds is 3.